The molecule has 1 atom stereocenters. The Morgan fingerprint density at radius 1 is 1.42 bits per heavy atom. The lowest BCUT2D eigenvalue weighted by molar-refractivity contribution is 0.409. The van der Waals surface area contributed by atoms with Gasteiger partial charge < -0.3 is 10.2 Å². The van der Waals surface area contributed by atoms with Crippen LogP contribution >= 0.6 is 23.4 Å². The second-order valence-electron chi connectivity index (χ2n) is 5.59. The molecule has 1 aromatic rings. The molecule has 1 heterocycles. The number of rotatable bonds is 5. The lowest BCUT2D eigenvalue weighted by atomic mass is 10.3. The first kappa shape index (κ1) is 19.4. The van der Waals surface area contributed by atoms with E-state index in [1.54, 1.807) is 31.3 Å². The minimum absolute atomic E-state index is 0.0213. The molecule has 1 aliphatic rings. The molecule has 1 saturated heterocycles. The van der Waals surface area contributed by atoms with Gasteiger partial charge >= 0.3 is 0 Å². The molecule has 0 aliphatic carbocycles. The number of aliphatic imine (C=N–C) groups is 1. The summed E-state index contributed by atoms with van der Waals surface area (Å²) in [6.07, 6.45) is 1.13. The quantitative estimate of drug-likeness (QED) is 0.619. The number of nitrogens with one attached hydrogen (secondary N) is 1. The van der Waals surface area contributed by atoms with Crippen LogP contribution in [0.25, 0.3) is 0 Å². The van der Waals surface area contributed by atoms with E-state index < -0.39 is 9.84 Å². The summed E-state index contributed by atoms with van der Waals surface area (Å²) in [5.41, 5.74) is 0. The van der Waals surface area contributed by atoms with Crippen molar-refractivity contribution in [1.82, 2.24) is 10.2 Å². The fourth-order valence-corrected chi connectivity index (χ4v) is 5.01. The minimum atomic E-state index is -3.33. The summed E-state index contributed by atoms with van der Waals surface area (Å²) in [6.45, 7) is 4.41. The van der Waals surface area contributed by atoms with Crippen molar-refractivity contribution in [2.45, 2.75) is 23.5 Å². The van der Waals surface area contributed by atoms with Crippen molar-refractivity contribution in [2.24, 2.45) is 4.99 Å². The van der Waals surface area contributed by atoms with Crippen LogP contribution < -0.4 is 5.32 Å². The Morgan fingerprint density at radius 3 is 2.75 bits per heavy atom. The number of thioether (sulfide) groups is 1. The number of halogens is 1. The molecule has 8 heteroatoms. The highest BCUT2D eigenvalue weighted by Crippen LogP contribution is 2.21. The fourth-order valence-electron chi connectivity index (χ4n) is 2.55. The minimum Gasteiger partial charge on any atom is -0.355 e. The third kappa shape index (κ3) is 5.29. The Kier molecular flexibility index (Phi) is 7.25. The Labute approximate surface area is 153 Å². The highest BCUT2D eigenvalue weighted by atomic mass is 35.5. The average Bonchev–Trinajstić information content (AvgIpc) is 2.59. The molecular formula is C16H24ClN3O2S2. The van der Waals surface area contributed by atoms with E-state index in [0.717, 1.165) is 31.2 Å². The van der Waals surface area contributed by atoms with Crippen LogP contribution in [0.3, 0.4) is 0 Å². The number of guanidine groups is 1. The monoisotopic (exact) mass is 389 g/mol. The highest BCUT2D eigenvalue weighted by Gasteiger charge is 2.22. The van der Waals surface area contributed by atoms with Crippen molar-refractivity contribution in [1.29, 1.82) is 0 Å². The van der Waals surface area contributed by atoms with E-state index in [9.17, 15) is 8.42 Å². The van der Waals surface area contributed by atoms with E-state index in [-0.39, 0.29) is 5.75 Å². The molecule has 0 saturated carbocycles. The van der Waals surface area contributed by atoms with Crippen LogP contribution in [0.4, 0.5) is 0 Å². The summed E-state index contributed by atoms with van der Waals surface area (Å²) in [6, 6.07) is 6.27. The summed E-state index contributed by atoms with van der Waals surface area (Å²) in [5.74, 6) is 1.87. The van der Waals surface area contributed by atoms with Gasteiger partial charge in [-0.2, -0.15) is 11.8 Å². The molecular weight excluding hydrogens is 366 g/mol. The number of hydrogen-bond acceptors (Lipinski definition) is 4. The van der Waals surface area contributed by atoms with Crippen molar-refractivity contribution < 1.29 is 8.42 Å². The van der Waals surface area contributed by atoms with Crippen molar-refractivity contribution >= 4 is 39.2 Å². The van der Waals surface area contributed by atoms with Gasteiger partial charge in [-0.05, 0) is 30.7 Å². The van der Waals surface area contributed by atoms with Gasteiger partial charge in [0, 0.05) is 42.7 Å². The van der Waals surface area contributed by atoms with E-state index in [1.807, 2.05) is 11.8 Å². The Balaban J connectivity index is 1.90. The molecule has 24 heavy (non-hydrogen) atoms. The molecule has 0 radical (unpaired) electrons. The first-order chi connectivity index (χ1) is 11.5. The lowest BCUT2D eigenvalue weighted by Gasteiger charge is -2.34. The van der Waals surface area contributed by atoms with Gasteiger partial charge in [-0.1, -0.05) is 18.5 Å². The predicted molar refractivity (Wildman–Crippen MR) is 103 cm³/mol. The van der Waals surface area contributed by atoms with Crippen LogP contribution in [-0.4, -0.2) is 62.7 Å². The second-order valence-corrected chi connectivity index (χ2v) is 9.55. The number of nitrogens with zero attached hydrogens (tertiary/aromatic N) is 2. The van der Waals surface area contributed by atoms with Crippen LogP contribution in [0, 0.1) is 0 Å². The van der Waals surface area contributed by atoms with E-state index in [4.69, 9.17) is 11.6 Å². The van der Waals surface area contributed by atoms with E-state index in [0.29, 0.717) is 21.7 Å². The van der Waals surface area contributed by atoms with Gasteiger partial charge in [0.15, 0.2) is 15.8 Å². The summed E-state index contributed by atoms with van der Waals surface area (Å²) in [4.78, 5) is 6.80. The van der Waals surface area contributed by atoms with E-state index >= 15 is 0 Å². The Morgan fingerprint density at radius 2 is 2.12 bits per heavy atom. The molecule has 0 bridgehead atoms. The zero-order valence-electron chi connectivity index (χ0n) is 14.0. The summed E-state index contributed by atoms with van der Waals surface area (Å²) in [7, 11) is -1.59. The predicted octanol–water partition coefficient (Wildman–Crippen LogP) is 2.52. The molecule has 1 aromatic carbocycles. The van der Waals surface area contributed by atoms with Crippen LogP contribution in [0.15, 0.2) is 34.2 Å². The van der Waals surface area contributed by atoms with Crippen molar-refractivity contribution in [3.8, 4) is 0 Å². The van der Waals surface area contributed by atoms with Gasteiger partial charge in [-0.15, -0.1) is 0 Å². The zero-order valence-corrected chi connectivity index (χ0v) is 16.4. The molecule has 0 spiro atoms. The van der Waals surface area contributed by atoms with Gasteiger partial charge in [-0.25, -0.2) is 8.42 Å². The zero-order chi connectivity index (χ0) is 17.6. The third-order valence-corrected chi connectivity index (χ3v) is 7.29. The molecule has 0 amide bonds. The SMILES string of the molecule is CCC1CN(C(=NC)NCCS(=O)(=O)c2ccc(Cl)cc2)CCS1. The molecule has 2 rings (SSSR count). The van der Waals surface area contributed by atoms with Crippen molar-refractivity contribution in [3.63, 3.8) is 0 Å². The second kappa shape index (κ2) is 8.97. The van der Waals surface area contributed by atoms with Crippen molar-refractivity contribution in [3.05, 3.63) is 29.3 Å². The first-order valence-corrected chi connectivity index (χ1v) is 11.1. The number of hydrogen-bond donors (Lipinski definition) is 1. The average molecular weight is 390 g/mol. The maximum Gasteiger partial charge on any atom is 0.193 e. The van der Waals surface area contributed by atoms with Crippen LogP contribution in [0.1, 0.15) is 13.3 Å². The smallest absolute Gasteiger partial charge is 0.193 e. The summed E-state index contributed by atoms with van der Waals surface area (Å²) >= 11 is 7.80. The summed E-state index contributed by atoms with van der Waals surface area (Å²) < 4.78 is 24.7. The standard InChI is InChI=1S/C16H24ClN3O2S2/c1-3-14-12-20(9-10-23-14)16(18-2)19-8-11-24(21,22)15-6-4-13(17)5-7-15/h4-7,14H,3,8-12H2,1-2H3,(H,18,19). The largest absolute Gasteiger partial charge is 0.355 e. The maximum atomic E-state index is 12.3. The third-order valence-electron chi connectivity index (χ3n) is 3.93. The molecule has 134 valence electrons. The Hall–Kier alpha value is -0.920. The van der Waals surface area contributed by atoms with Gasteiger partial charge in [0.05, 0.1) is 10.6 Å². The van der Waals surface area contributed by atoms with Crippen LogP contribution in [0.5, 0.6) is 0 Å². The molecule has 5 nitrogen and oxygen atoms in total. The molecule has 1 aliphatic heterocycles. The van der Waals surface area contributed by atoms with E-state index in [1.165, 1.54) is 0 Å². The lowest BCUT2D eigenvalue weighted by Crippen LogP contribution is -2.48. The normalized spacial score (nSPS) is 19.4. The number of sulfone groups is 1. The molecule has 1 fully saturated rings. The van der Waals surface area contributed by atoms with Crippen LogP contribution in [-0.2, 0) is 9.84 Å². The highest BCUT2D eigenvalue weighted by molar-refractivity contribution is 8.00. The van der Waals surface area contributed by atoms with Gasteiger partial charge in [-0.3, -0.25) is 4.99 Å². The number of benzene rings is 1. The molecule has 1 unspecified atom stereocenters. The van der Waals surface area contributed by atoms with Crippen LogP contribution in [0.2, 0.25) is 5.02 Å². The topological polar surface area (TPSA) is 61.8 Å². The summed E-state index contributed by atoms with van der Waals surface area (Å²) in [5, 5.41) is 4.32. The fraction of sp³-hybridized carbons (Fsp3) is 0.562. The van der Waals surface area contributed by atoms with Gasteiger partial charge in [0.1, 0.15) is 0 Å². The Bertz CT molecular complexity index is 662. The van der Waals surface area contributed by atoms with Gasteiger partial charge in [0.2, 0.25) is 0 Å². The molecule has 1 N–H and O–H groups in total. The van der Waals surface area contributed by atoms with Gasteiger partial charge in [0.25, 0.3) is 0 Å². The molecule has 0 aromatic heterocycles. The van der Waals surface area contributed by atoms with Crippen molar-refractivity contribution in [2.75, 3.05) is 38.2 Å². The van der Waals surface area contributed by atoms with E-state index in [2.05, 4.69) is 22.1 Å². The first-order valence-electron chi connectivity index (χ1n) is 8.01. The maximum absolute atomic E-state index is 12.3.